The minimum absolute atomic E-state index is 0.0488. The number of carbonyl (C=O) groups excluding carboxylic acids is 3. The van der Waals surface area contributed by atoms with Crippen molar-refractivity contribution >= 4 is 96.5 Å². The van der Waals surface area contributed by atoms with Gasteiger partial charge in [-0.25, -0.2) is 22.4 Å². The van der Waals surface area contributed by atoms with E-state index in [0.717, 1.165) is 17.8 Å². The summed E-state index contributed by atoms with van der Waals surface area (Å²) in [5.41, 5.74) is -11.4. The zero-order chi connectivity index (χ0) is 56.5. The highest BCUT2D eigenvalue weighted by atomic mass is 79.9. The number of carboxylic acids is 1. The lowest BCUT2D eigenvalue weighted by atomic mass is 9.44. The molecule has 0 bridgehead atoms. The molecular weight excluding hydrogens is 1160 g/mol. The molecule has 0 spiro atoms. The van der Waals surface area contributed by atoms with Gasteiger partial charge in [-0.05, 0) is 148 Å². The summed E-state index contributed by atoms with van der Waals surface area (Å²) in [6.45, 7) is 7.28. The molecule has 8 fully saturated rings. The van der Waals surface area contributed by atoms with Crippen molar-refractivity contribution < 1.29 is 61.7 Å². The monoisotopic (exact) mass is 1220 g/mol. The molecule has 6 saturated carbocycles. The molecule has 0 radical (unpaired) electrons. The fraction of sp³-hybridized carbons (Fsp3) is 0.561. The molecule has 0 unspecified atom stereocenters. The van der Waals surface area contributed by atoms with Gasteiger partial charge in [-0.2, -0.15) is 5.26 Å². The van der Waals surface area contributed by atoms with Gasteiger partial charge in [0.2, 0.25) is 10.7 Å². The van der Waals surface area contributed by atoms with Crippen LogP contribution in [0.4, 0.5) is 28.9 Å². The molecule has 0 amide bonds. The van der Waals surface area contributed by atoms with Crippen LogP contribution in [-0.4, -0.2) is 109 Å². The molecule has 8 aliphatic carbocycles. The topological polar surface area (TPSA) is 178 Å². The Morgan fingerprint density at radius 1 is 0.718 bits per heavy atom. The Morgan fingerprint density at radius 3 is 1.50 bits per heavy atom. The fourth-order valence-electron chi connectivity index (χ4n) is 16.9. The lowest BCUT2D eigenvalue weighted by Crippen LogP contribution is -2.70. The number of benzene rings is 2. The number of carboxylic acid groups (broad SMARTS) is 1. The minimum Gasteiger partial charge on any atom is -0.479 e. The summed E-state index contributed by atoms with van der Waals surface area (Å²) in [5.74, 6) is -5.79. The van der Waals surface area contributed by atoms with E-state index in [2.05, 4.69) is 15.9 Å². The largest absolute Gasteiger partial charge is 0.479 e. The molecule has 3 N–H and O–H groups in total. The molecule has 2 saturated heterocycles. The molecule has 0 aromatic heterocycles. The van der Waals surface area contributed by atoms with E-state index < -0.39 is 116 Å². The Kier molecular flexibility index (Phi) is 14.7. The van der Waals surface area contributed by atoms with E-state index in [4.69, 9.17) is 44.5 Å². The summed E-state index contributed by atoms with van der Waals surface area (Å²) < 4.78 is 66.1. The third kappa shape index (κ3) is 7.84. The number of fused-ring (bicyclic) bond motifs is 14. The first-order valence-electron chi connectivity index (χ1n) is 26.0. The predicted molar refractivity (Wildman–Crippen MR) is 291 cm³/mol. The number of thioether (sulfide) groups is 1. The van der Waals surface area contributed by atoms with Crippen LogP contribution in [0.2, 0.25) is 10.0 Å². The van der Waals surface area contributed by atoms with Crippen molar-refractivity contribution in [2.24, 2.45) is 57.2 Å². The van der Waals surface area contributed by atoms with Crippen LogP contribution in [0.1, 0.15) is 66.2 Å². The molecule has 12 nitrogen and oxygen atoms in total. The van der Waals surface area contributed by atoms with Crippen LogP contribution in [-0.2, 0) is 28.9 Å². The Morgan fingerprint density at radius 2 is 1.10 bits per heavy atom. The standard InChI is InChI=1S/C29H29ClF2N2O4S.C27H28ClF2NO5.CH2BrCl/c1-26-8-7-19(35)12-22(26)23(31)13-21-20-11-16-15-34(18-5-3-17(30)4-6-18)38-29(16,25(37)39-10-9-33)27(20,2)14-24(36)28(21,26)32;1-24-8-7-17(32)10-20(24)21(29)11-19-18-9-14-13-31(16-5-3-15(28)4-6-16)36-27(14,23(34)35)25(18,2)12-22(33)26(19,24)30;2-1-3/h3-8,12,16,20-21,23-24,36H,10-11,13-15H2,1-2H3;3-8,10,14,18-19,21-22,33H,9,11-13H2,1-2H3,(H,34,35);1H2/t16-,20-,21-,23-,24-,26-,27-,28-,29-;14-,18-,19-,21-,22-,24-,25-,26-,27-;/m00./s1. The smallest absolute Gasteiger partial charge is 0.339 e. The molecule has 2 aromatic rings. The number of allylic oxidation sites excluding steroid dienone is 8. The van der Waals surface area contributed by atoms with Gasteiger partial charge in [0.1, 0.15) is 12.3 Å². The number of halogens is 8. The molecule has 21 heteroatoms. The van der Waals surface area contributed by atoms with Crippen LogP contribution in [0, 0.1) is 68.5 Å². The zero-order valence-corrected chi connectivity index (χ0v) is 47.7. The van der Waals surface area contributed by atoms with Crippen molar-refractivity contribution in [1.82, 2.24) is 0 Å². The SMILES string of the molecule is C[C@]12C=CC(=O)C=C1[C@@H](F)C[C@H]1[C@@H]3C[C@H]4CN(c5ccc(Cl)cc5)O[C@@]4(C(=O)O)[C@@]3(C)C[C@H](O)[C@@]12F.C[C@]12C=CC(=O)C=C1[C@@H](F)C[C@H]1[C@@H]3C[C@H]4CN(c5ccc(Cl)cc5)O[C@@]4(C(=O)SCC#N)[C@@]3(C)C[C@H](O)[C@@]12F.ClCBr. The fourth-order valence-corrected chi connectivity index (χ4v) is 18.0. The summed E-state index contributed by atoms with van der Waals surface area (Å²) in [6, 6.07) is 15.9. The summed E-state index contributed by atoms with van der Waals surface area (Å²) in [5, 5.41) is 46.8. The number of carbonyl (C=O) groups is 4. The van der Waals surface area contributed by atoms with Crippen LogP contribution in [0.5, 0.6) is 0 Å². The van der Waals surface area contributed by atoms with Crippen molar-refractivity contribution in [3.05, 3.63) is 106 Å². The highest BCUT2D eigenvalue weighted by Crippen LogP contribution is 2.75. The Labute approximate surface area is 477 Å². The Bertz CT molecular complexity index is 2990. The zero-order valence-electron chi connectivity index (χ0n) is 43.0. The van der Waals surface area contributed by atoms with Crippen LogP contribution < -0.4 is 10.1 Å². The quantitative estimate of drug-likeness (QED) is 0.191. The number of ketones is 2. The molecule has 78 heavy (non-hydrogen) atoms. The highest BCUT2D eigenvalue weighted by molar-refractivity contribution is 9.09. The van der Waals surface area contributed by atoms with Gasteiger partial charge in [0, 0.05) is 55.4 Å². The second kappa shape index (κ2) is 20.0. The lowest BCUT2D eigenvalue weighted by molar-refractivity contribution is -0.233. The molecule has 2 heterocycles. The third-order valence-corrected chi connectivity index (χ3v) is 21.7. The maximum Gasteiger partial charge on any atom is 0.339 e. The van der Waals surface area contributed by atoms with E-state index >= 15 is 17.6 Å². The summed E-state index contributed by atoms with van der Waals surface area (Å²) in [4.78, 5) is 64.4. The maximum atomic E-state index is 17.5. The minimum atomic E-state index is -2.25. The first-order valence-corrected chi connectivity index (χ1v) is 29.4. The van der Waals surface area contributed by atoms with Gasteiger partial charge in [-0.1, -0.05) is 76.9 Å². The molecular formula is C57H59BrCl3F4N3O9S. The average molecular weight is 1220 g/mol. The number of aliphatic hydroxyl groups excluding tert-OH is 2. The number of anilines is 2. The van der Waals surface area contributed by atoms with Gasteiger partial charge in [-0.15, -0.1) is 11.6 Å². The van der Waals surface area contributed by atoms with Crippen LogP contribution in [0.15, 0.2) is 96.1 Å². The number of hydrogen-bond acceptors (Lipinski definition) is 12. The molecule has 18 atom stereocenters. The number of nitrogens with zero attached hydrogens (tertiary/aromatic N) is 3. The van der Waals surface area contributed by atoms with Crippen LogP contribution in [0.25, 0.3) is 0 Å². The summed E-state index contributed by atoms with van der Waals surface area (Å²) in [6.07, 6.45) is 1.40. The van der Waals surface area contributed by atoms with E-state index in [1.807, 2.05) is 13.0 Å². The van der Waals surface area contributed by atoms with Crippen LogP contribution >= 0.6 is 62.5 Å². The summed E-state index contributed by atoms with van der Waals surface area (Å²) >= 11 is 20.8. The van der Waals surface area contributed by atoms with Crippen molar-refractivity contribution in [3.8, 4) is 6.07 Å². The number of nitriles is 1. The third-order valence-electron chi connectivity index (χ3n) is 20.4. The number of aliphatic carboxylic acids is 1. The van der Waals surface area contributed by atoms with Gasteiger partial charge >= 0.3 is 5.97 Å². The van der Waals surface area contributed by atoms with Crippen molar-refractivity contribution in [2.45, 2.75) is 113 Å². The Balaban J connectivity index is 0.000000169. The van der Waals surface area contributed by atoms with Gasteiger partial charge < -0.3 is 15.3 Å². The molecule has 10 aliphatic rings. The summed E-state index contributed by atoms with van der Waals surface area (Å²) in [7, 11) is 0. The molecule has 2 aliphatic heterocycles. The van der Waals surface area contributed by atoms with Crippen molar-refractivity contribution in [1.29, 1.82) is 5.26 Å². The van der Waals surface area contributed by atoms with E-state index in [9.17, 15) is 39.8 Å². The van der Waals surface area contributed by atoms with E-state index in [-0.39, 0.29) is 60.2 Å². The molecule has 418 valence electrons. The second-order valence-corrected chi connectivity index (χ2v) is 26.7. The molecule has 12 rings (SSSR count). The van der Waals surface area contributed by atoms with Gasteiger partial charge in [0.15, 0.2) is 28.5 Å². The highest BCUT2D eigenvalue weighted by Gasteiger charge is 2.82. The van der Waals surface area contributed by atoms with E-state index in [1.165, 1.54) is 42.4 Å². The number of hydroxylamine groups is 2. The number of hydrogen-bond donors (Lipinski definition) is 3. The predicted octanol–water partition coefficient (Wildman–Crippen LogP) is 11.2. The lowest BCUT2D eigenvalue weighted by Gasteiger charge is -2.63. The normalized spacial score (nSPS) is 44.0. The second-order valence-electron chi connectivity index (χ2n) is 23.5. The van der Waals surface area contributed by atoms with E-state index in [0.29, 0.717) is 45.6 Å². The van der Waals surface area contributed by atoms with Gasteiger partial charge in [-0.3, -0.25) is 34.2 Å². The first kappa shape index (κ1) is 57.5. The van der Waals surface area contributed by atoms with E-state index in [1.54, 1.807) is 67.4 Å². The maximum absolute atomic E-state index is 17.5. The van der Waals surface area contributed by atoms with Gasteiger partial charge in [0.05, 0.1) is 53.3 Å². The van der Waals surface area contributed by atoms with Crippen LogP contribution in [0.3, 0.4) is 0 Å². The first-order chi connectivity index (χ1) is 36.7. The number of rotatable bonds is 5. The number of alkyl halides is 6. The average Bonchev–Trinajstić information content (AvgIpc) is 3.77. The van der Waals surface area contributed by atoms with Gasteiger partial charge in [0.25, 0.3) is 0 Å². The Hall–Kier alpha value is -3.77. The van der Waals surface area contributed by atoms with Crippen molar-refractivity contribution in [3.63, 3.8) is 0 Å². The number of aliphatic hydroxyl groups is 2. The van der Waals surface area contributed by atoms with Crippen molar-refractivity contribution in [2.75, 3.05) is 33.8 Å². The molecule has 2 aromatic carbocycles.